The molecule has 0 spiro atoms. The van der Waals surface area contributed by atoms with E-state index in [9.17, 15) is 5.11 Å². The highest BCUT2D eigenvalue weighted by Crippen LogP contribution is 2.29. The minimum atomic E-state index is -1.16. The molecule has 11 heavy (non-hydrogen) atoms. The van der Waals surface area contributed by atoms with Crippen molar-refractivity contribution in [3.05, 3.63) is 0 Å². The normalized spacial score (nSPS) is 44.7. The lowest BCUT2D eigenvalue weighted by Gasteiger charge is -2.22. The fourth-order valence-corrected chi connectivity index (χ4v) is 1.32. The van der Waals surface area contributed by atoms with Crippen LogP contribution in [0.5, 0.6) is 0 Å². The molecule has 0 amide bonds. The Bertz CT molecular complexity index is 138. The first-order valence-electron chi connectivity index (χ1n) is 3.72. The summed E-state index contributed by atoms with van der Waals surface area (Å²) in [6, 6.07) is 0. The van der Waals surface area contributed by atoms with Crippen LogP contribution >= 0.6 is 0 Å². The standard InChI is InChI=1S/C7H14O4/c1-5-7(10,4-9)2-6(3-8)11-5/h5-6,8-10H,2-4H2,1H3/t5-,6-,7-/m0/s1. The lowest BCUT2D eigenvalue weighted by Crippen LogP contribution is -2.39. The third-order valence-electron chi connectivity index (χ3n) is 2.21. The first-order chi connectivity index (χ1) is 5.12. The smallest absolute Gasteiger partial charge is 0.116 e. The molecule has 0 bridgehead atoms. The molecule has 4 nitrogen and oxygen atoms in total. The zero-order chi connectivity index (χ0) is 8.48. The van der Waals surface area contributed by atoms with Crippen molar-refractivity contribution < 1.29 is 20.1 Å². The minimum absolute atomic E-state index is 0.105. The largest absolute Gasteiger partial charge is 0.394 e. The molecule has 3 N–H and O–H groups in total. The Morgan fingerprint density at radius 3 is 2.45 bits per heavy atom. The Kier molecular flexibility index (Phi) is 2.49. The van der Waals surface area contributed by atoms with E-state index >= 15 is 0 Å². The maximum absolute atomic E-state index is 9.58. The van der Waals surface area contributed by atoms with Gasteiger partial charge in [0.25, 0.3) is 0 Å². The average molecular weight is 162 g/mol. The molecule has 1 rings (SSSR count). The average Bonchev–Trinajstić information content (AvgIpc) is 2.29. The van der Waals surface area contributed by atoms with E-state index in [1.54, 1.807) is 6.92 Å². The minimum Gasteiger partial charge on any atom is -0.394 e. The highest BCUT2D eigenvalue weighted by molar-refractivity contribution is 4.93. The van der Waals surface area contributed by atoms with Crippen LogP contribution in [0.25, 0.3) is 0 Å². The molecule has 0 radical (unpaired) electrons. The summed E-state index contributed by atoms with van der Waals surface area (Å²) in [5, 5.41) is 27.1. The van der Waals surface area contributed by atoms with Crippen LogP contribution in [0.15, 0.2) is 0 Å². The first kappa shape index (κ1) is 8.93. The molecule has 1 aliphatic heterocycles. The van der Waals surface area contributed by atoms with Gasteiger partial charge in [-0.1, -0.05) is 0 Å². The number of rotatable bonds is 2. The molecule has 1 saturated heterocycles. The number of hydrogen-bond donors (Lipinski definition) is 3. The van der Waals surface area contributed by atoms with E-state index in [0.29, 0.717) is 6.42 Å². The van der Waals surface area contributed by atoms with Crippen LogP contribution in [0, 0.1) is 0 Å². The second kappa shape index (κ2) is 3.06. The van der Waals surface area contributed by atoms with Gasteiger partial charge < -0.3 is 20.1 Å². The molecule has 1 fully saturated rings. The van der Waals surface area contributed by atoms with E-state index in [-0.39, 0.29) is 19.3 Å². The molecular weight excluding hydrogens is 148 g/mol. The predicted octanol–water partition coefficient (Wildman–Crippen LogP) is -1.12. The van der Waals surface area contributed by atoms with Gasteiger partial charge in [0.2, 0.25) is 0 Å². The monoisotopic (exact) mass is 162 g/mol. The van der Waals surface area contributed by atoms with Crippen molar-refractivity contribution in [2.45, 2.75) is 31.2 Å². The summed E-state index contributed by atoms with van der Waals surface area (Å²) >= 11 is 0. The van der Waals surface area contributed by atoms with Gasteiger partial charge >= 0.3 is 0 Å². The van der Waals surface area contributed by atoms with Gasteiger partial charge in [-0.05, 0) is 6.92 Å². The molecule has 0 aromatic carbocycles. The van der Waals surface area contributed by atoms with Crippen molar-refractivity contribution in [1.29, 1.82) is 0 Å². The number of aliphatic hydroxyl groups excluding tert-OH is 2. The van der Waals surface area contributed by atoms with Crippen molar-refractivity contribution in [2.75, 3.05) is 13.2 Å². The maximum Gasteiger partial charge on any atom is 0.116 e. The van der Waals surface area contributed by atoms with E-state index in [2.05, 4.69) is 0 Å². The lowest BCUT2D eigenvalue weighted by molar-refractivity contribution is -0.0695. The second-order valence-corrected chi connectivity index (χ2v) is 3.05. The Hall–Kier alpha value is -0.160. The van der Waals surface area contributed by atoms with Crippen LogP contribution in [-0.4, -0.2) is 46.3 Å². The molecular formula is C7H14O4. The summed E-state index contributed by atoms with van der Waals surface area (Å²) in [4.78, 5) is 0. The van der Waals surface area contributed by atoms with Crippen molar-refractivity contribution in [3.8, 4) is 0 Å². The van der Waals surface area contributed by atoms with E-state index in [0.717, 1.165) is 0 Å². The summed E-state index contributed by atoms with van der Waals surface area (Å²) in [6.45, 7) is 1.27. The summed E-state index contributed by atoms with van der Waals surface area (Å²) < 4.78 is 5.16. The van der Waals surface area contributed by atoms with E-state index in [4.69, 9.17) is 14.9 Å². The van der Waals surface area contributed by atoms with Crippen LogP contribution in [0.2, 0.25) is 0 Å². The molecule has 4 heteroatoms. The molecule has 0 aromatic rings. The van der Waals surface area contributed by atoms with Gasteiger partial charge in [-0.3, -0.25) is 0 Å². The maximum atomic E-state index is 9.58. The lowest BCUT2D eigenvalue weighted by atomic mass is 9.96. The quantitative estimate of drug-likeness (QED) is 0.481. The van der Waals surface area contributed by atoms with Crippen LogP contribution < -0.4 is 0 Å². The Morgan fingerprint density at radius 2 is 2.18 bits per heavy atom. The van der Waals surface area contributed by atoms with Crippen molar-refractivity contribution in [3.63, 3.8) is 0 Å². The SMILES string of the molecule is C[C@@H]1O[C@H](CO)C[C@]1(O)CO. The van der Waals surface area contributed by atoms with Gasteiger partial charge in [-0.15, -0.1) is 0 Å². The van der Waals surface area contributed by atoms with Crippen LogP contribution in [0.4, 0.5) is 0 Å². The Labute approximate surface area is 65.4 Å². The highest BCUT2D eigenvalue weighted by Gasteiger charge is 2.43. The van der Waals surface area contributed by atoms with Gasteiger partial charge in [0, 0.05) is 6.42 Å². The zero-order valence-corrected chi connectivity index (χ0v) is 6.53. The van der Waals surface area contributed by atoms with Crippen molar-refractivity contribution in [2.24, 2.45) is 0 Å². The van der Waals surface area contributed by atoms with Gasteiger partial charge in [-0.2, -0.15) is 0 Å². The topological polar surface area (TPSA) is 69.9 Å². The zero-order valence-electron chi connectivity index (χ0n) is 6.53. The fourth-order valence-electron chi connectivity index (χ4n) is 1.32. The summed E-state index contributed by atoms with van der Waals surface area (Å²) in [5.41, 5.74) is -1.16. The first-order valence-corrected chi connectivity index (χ1v) is 3.72. The molecule has 0 aliphatic carbocycles. The number of ether oxygens (including phenoxy) is 1. The fraction of sp³-hybridized carbons (Fsp3) is 1.00. The van der Waals surface area contributed by atoms with Crippen LogP contribution in [0.3, 0.4) is 0 Å². The molecule has 0 saturated carbocycles. The van der Waals surface area contributed by atoms with Crippen LogP contribution in [-0.2, 0) is 4.74 Å². The predicted molar refractivity (Wildman–Crippen MR) is 38.1 cm³/mol. The van der Waals surface area contributed by atoms with Gasteiger partial charge in [0.05, 0.1) is 25.4 Å². The third kappa shape index (κ3) is 1.54. The Balaban J connectivity index is 2.57. The molecule has 1 aliphatic rings. The number of aliphatic hydroxyl groups is 3. The van der Waals surface area contributed by atoms with Crippen LogP contribution in [0.1, 0.15) is 13.3 Å². The van der Waals surface area contributed by atoms with Crippen molar-refractivity contribution >= 4 is 0 Å². The van der Waals surface area contributed by atoms with Crippen molar-refractivity contribution in [1.82, 2.24) is 0 Å². The molecule has 1 heterocycles. The Morgan fingerprint density at radius 1 is 1.55 bits per heavy atom. The van der Waals surface area contributed by atoms with Gasteiger partial charge in [0.15, 0.2) is 0 Å². The molecule has 0 unspecified atom stereocenters. The molecule has 0 aromatic heterocycles. The van der Waals surface area contributed by atoms with E-state index < -0.39 is 11.7 Å². The van der Waals surface area contributed by atoms with E-state index in [1.807, 2.05) is 0 Å². The third-order valence-corrected chi connectivity index (χ3v) is 2.21. The second-order valence-electron chi connectivity index (χ2n) is 3.05. The summed E-state index contributed by atoms with van der Waals surface area (Å²) in [6.07, 6.45) is -0.423. The molecule has 66 valence electrons. The summed E-state index contributed by atoms with van der Waals surface area (Å²) in [7, 11) is 0. The van der Waals surface area contributed by atoms with E-state index in [1.165, 1.54) is 0 Å². The number of hydrogen-bond acceptors (Lipinski definition) is 4. The highest BCUT2D eigenvalue weighted by atomic mass is 16.5. The van der Waals surface area contributed by atoms with Gasteiger partial charge in [-0.25, -0.2) is 0 Å². The summed E-state index contributed by atoms with van der Waals surface area (Å²) in [5.74, 6) is 0. The van der Waals surface area contributed by atoms with Gasteiger partial charge in [0.1, 0.15) is 5.60 Å². The molecule has 3 atom stereocenters.